The van der Waals surface area contributed by atoms with Gasteiger partial charge in [-0.25, -0.2) is 20.4 Å². The number of nitrogens with zero attached hydrogens (tertiary/aromatic N) is 4. The van der Waals surface area contributed by atoms with E-state index in [-0.39, 0.29) is 0 Å². The van der Waals surface area contributed by atoms with E-state index in [1.54, 1.807) is 0 Å². The first kappa shape index (κ1) is 17.8. The smallest absolute Gasteiger partial charge is 0.332 e. The summed E-state index contributed by atoms with van der Waals surface area (Å²) in [4.78, 5) is 21.2. The van der Waals surface area contributed by atoms with Crippen LogP contribution in [0.5, 0.6) is 0 Å². The average molecular weight is 344 g/mol. The largest absolute Gasteiger partial charge is 0.350 e. The minimum atomic E-state index is -0.706. The third kappa shape index (κ3) is 5.86. The van der Waals surface area contributed by atoms with Gasteiger partial charge in [0.25, 0.3) is 0 Å². The van der Waals surface area contributed by atoms with Crippen LogP contribution in [0.25, 0.3) is 0 Å². The van der Waals surface area contributed by atoms with Crippen LogP contribution in [-0.4, -0.2) is 33.6 Å². The van der Waals surface area contributed by atoms with E-state index < -0.39 is 12.1 Å². The molecule has 6 N–H and O–H groups in total. The maximum absolute atomic E-state index is 10.6. The standard InChI is InChI=1S/C15H20N8O2/c16-14(24)20-18-10-12-4-1-6-22(12)8-3-9-23-7-2-5-13(23)11-19-21-15(17)25/h1-2,4-7,10-11H,3,8-9H2,(H3,16,20,24)(H3,17,21,25). The number of aromatic nitrogens is 2. The van der Waals surface area contributed by atoms with Crippen LogP contribution in [0, 0.1) is 0 Å². The molecule has 0 fully saturated rings. The van der Waals surface area contributed by atoms with Crippen LogP contribution in [0.3, 0.4) is 0 Å². The summed E-state index contributed by atoms with van der Waals surface area (Å²) in [5.41, 5.74) is 15.9. The van der Waals surface area contributed by atoms with Gasteiger partial charge in [-0.3, -0.25) is 0 Å². The van der Waals surface area contributed by atoms with Gasteiger partial charge in [0.1, 0.15) is 0 Å². The molecule has 0 atom stereocenters. The van der Waals surface area contributed by atoms with Gasteiger partial charge in [-0.1, -0.05) is 0 Å². The minimum Gasteiger partial charge on any atom is -0.350 e. The second-order valence-electron chi connectivity index (χ2n) is 5.07. The molecule has 0 unspecified atom stereocenters. The minimum absolute atomic E-state index is 0.706. The number of hydrazone groups is 2. The Labute approximate surface area is 144 Å². The van der Waals surface area contributed by atoms with Crippen molar-refractivity contribution in [3.8, 4) is 0 Å². The number of aryl methyl sites for hydroxylation is 2. The first-order chi connectivity index (χ1) is 12.1. The molecule has 0 aliphatic rings. The summed E-state index contributed by atoms with van der Waals surface area (Å²) in [7, 11) is 0. The lowest BCUT2D eigenvalue weighted by Crippen LogP contribution is -2.24. The average Bonchev–Trinajstić information content (AvgIpc) is 3.17. The lowest BCUT2D eigenvalue weighted by atomic mass is 10.3. The molecular formula is C15H20N8O2. The van der Waals surface area contributed by atoms with Crippen molar-refractivity contribution in [1.82, 2.24) is 20.0 Å². The Morgan fingerprint density at radius 2 is 1.36 bits per heavy atom. The van der Waals surface area contributed by atoms with E-state index in [2.05, 4.69) is 21.1 Å². The fourth-order valence-electron chi connectivity index (χ4n) is 2.23. The first-order valence-electron chi connectivity index (χ1n) is 7.53. The highest BCUT2D eigenvalue weighted by atomic mass is 16.2. The fraction of sp³-hybridized carbons (Fsp3) is 0.200. The lowest BCUT2D eigenvalue weighted by molar-refractivity contribution is 0.248. The molecule has 2 aromatic rings. The van der Waals surface area contributed by atoms with E-state index in [0.717, 1.165) is 30.9 Å². The van der Waals surface area contributed by atoms with Gasteiger partial charge in [0.15, 0.2) is 0 Å². The Kier molecular flexibility index (Phi) is 6.34. The molecule has 10 nitrogen and oxygen atoms in total. The fourth-order valence-corrected chi connectivity index (χ4v) is 2.23. The Bertz CT molecular complexity index is 710. The van der Waals surface area contributed by atoms with Crippen LogP contribution in [0.15, 0.2) is 46.9 Å². The predicted molar refractivity (Wildman–Crippen MR) is 94.1 cm³/mol. The first-order valence-corrected chi connectivity index (χ1v) is 7.53. The maximum Gasteiger partial charge on any atom is 0.332 e. The topological polar surface area (TPSA) is 145 Å². The van der Waals surface area contributed by atoms with E-state index in [1.165, 1.54) is 12.4 Å². The highest BCUT2D eigenvalue weighted by molar-refractivity contribution is 5.80. The van der Waals surface area contributed by atoms with Crippen LogP contribution < -0.4 is 22.3 Å². The number of nitrogens with one attached hydrogen (secondary N) is 2. The Morgan fingerprint density at radius 3 is 1.76 bits per heavy atom. The normalized spacial score (nSPS) is 11.2. The number of carbonyl (C=O) groups is 2. The summed E-state index contributed by atoms with van der Waals surface area (Å²) in [6.45, 7) is 1.53. The van der Waals surface area contributed by atoms with Crippen molar-refractivity contribution in [1.29, 1.82) is 0 Å². The molecule has 0 saturated carbocycles. The Hall–Kier alpha value is -3.56. The van der Waals surface area contributed by atoms with Crippen LogP contribution >= 0.6 is 0 Å². The molecule has 132 valence electrons. The molecule has 2 heterocycles. The molecule has 10 heteroatoms. The zero-order valence-electron chi connectivity index (χ0n) is 13.5. The third-order valence-corrected chi connectivity index (χ3v) is 3.27. The van der Waals surface area contributed by atoms with Gasteiger partial charge in [-0.15, -0.1) is 0 Å². The molecule has 0 aliphatic heterocycles. The molecule has 25 heavy (non-hydrogen) atoms. The van der Waals surface area contributed by atoms with Crippen LogP contribution in [0.4, 0.5) is 9.59 Å². The SMILES string of the molecule is NC(=O)NN=Cc1cccn1CCCn1cccc1C=NNC(N)=O. The van der Waals surface area contributed by atoms with Crippen molar-refractivity contribution in [2.24, 2.45) is 21.7 Å². The number of nitrogens with two attached hydrogens (primary N) is 2. The van der Waals surface area contributed by atoms with Gasteiger partial charge in [0.2, 0.25) is 0 Å². The highest BCUT2D eigenvalue weighted by Gasteiger charge is 2.01. The van der Waals surface area contributed by atoms with Crippen LogP contribution in [0.2, 0.25) is 0 Å². The quantitative estimate of drug-likeness (QED) is 0.405. The lowest BCUT2D eigenvalue weighted by Gasteiger charge is -2.09. The molecule has 2 aromatic heterocycles. The second kappa shape index (κ2) is 8.91. The van der Waals surface area contributed by atoms with Gasteiger partial charge in [-0.05, 0) is 30.7 Å². The molecule has 0 spiro atoms. The summed E-state index contributed by atoms with van der Waals surface area (Å²) in [6, 6.07) is 6.15. The number of rotatable bonds is 8. The molecule has 0 radical (unpaired) electrons. The molecule has 2 rings (SSSR count). The number of primary amides is 2. The van der Waals surface area contributed by atoms with Crippen molar-refractivity contribution in [3.05, 3.63) is 48.0 Å². The van der Waals surface area contributed by atoms with Crippen LogP contribution in [-0.2, 0) is 13.1 Å². The number of hydrogen-bond acceptors (Lipinski definition) is 4. The van der Waals surface area contributed by atoms with E-state index in [0.29, 0.717) is 0 Å². The molecule has 0 aromatic carbocycles. The van der Waals surface area contributed by atoms with E-state index >= 15 is 0 Å². The van der Waals surface area contributed by atoms with Gasteiger partial charge in [0.05, 0.1) is 23.8 Å². The Morgan fingerprint density at radius 1 is 0.920 bits per heavy atom. The van der Waals surface area contributed by atoms with Crippen molar-refractivity contribution in [2.45, 2.75) is 19.5 Å². The monoisotopic (exact) mass is 344 g/mol. The molecule has 0 bridgehead atoms. The summed E-state index contributed by atoms with van der Waals surface area (Å²) in [6.07, 6.45) is 7.79. The van der Waals surface area contributed by atoms with Crippen LogP contribution in [0.1, 0.15) is 17.8 Å². The molecular weight excluding hydrogens is 324 g/mol. The van der Waals surface area contributed by atoms with Crippen molar-refractivity contribution < 1.29 is 9.59 Å². The second-order valence-corrected chi connectivity index (χ2v) is 5.07. The zero-order chi connectivity index (χ0) is 18.1. The summed E-state index contributed by atoms with van der Waals surface area (Å²) < 4.78 is 4.02. The number of carbonyl (C=O) groups excluding carboxylic acids is 2. The highest BCUT2D eigenvalue weighted by Crippen LogP contribution is 2.05. The van der Waals surface area contributed by atoms with Gasteiger partial charge in [0, 0.05) is 25.5 Å². The number of amides is 4. The van der Waals surface area contributed by atoms with Crippen molar-refractivity contribution >= 4 is 24.5 Å². The third-order valence-electron chi connectivity index (χ3n) is 3.27. The van der Waals surface area contributed by atoms with Gasteiger partial charge >= 0.3 is 12.1 Å². The predicted octanol–water partition coefficient (Wildman–Crippen LogP) is 0.384. The Balaban J connectivity index is 1.88. The van der Waals surface area contributed by atoms with E-state index in [4.69, 9.17) is 11.5 Å². The van der Waals surface area contributed by atoms with Crippen molar-refractivity contribution in [3.63, 3.8) is 0 Å². The summed E-state index contributed by atoms with van der Waals surface area (Å²) in [5, 5.41) is 7.51. The zero-order valence-corrected chi connectivity index (χ0v) is 13.5. The number of urea groups is 2. The summed E-state index contributed by atoms with van der Waals surface area (Å²) in [5.74, 6) is 0. The number of hydrogen-bond donors (Lipinski definition) is 4. The maximum atomic E-state index is 10.6. The van der Waals surface area contributed by atoms with Gasteiger partial charge < -0.3 is 20.6 Å². The van der Waals surface area contributed by atoms with Gasteiger partial charge in [-0.2, -0.15) is 10.2 Å². The summed E-state index contributed by atoms with van der Waals surface area (Å²) >= 11 is 0. The van der Waals surface area contributed by atoms with E-state index in [9.17, 15) is 9.59 Å². The van der Waals surface area contributed by atoms with E-state index in [1.807, 2.05) is 45.8 Å². The molecule has 0 saturated heterocycles. The van der Waals surface area contributed by atoms with Crippen molar-refractivity contribution in [2.75, 3.05) is 0 Å². The molecule has 4 amide bonds. The molecule has 0 aliphatic carbocycles.